The Morgan fingerprint density at radius 1 is 1.38 bits per heavy atom. The highest BCUT2D eigenvalue weighted by Crippen LogP contribution is 2.13. The quantitative estimate of drug-likeness (QED) is 0.438. The van der Waals surface area contributed by atoms with E-state index in [2.05, 4.69) is 32.2 Å². The molecule has 0 aromatic heterocycles. The molecule has 0 aliphatic carbocycles. The average Bonchev–Trinajstić information content (AvgIpc) is 1.62. The summed E-state index contributed by atoms with van der Waals surface area (Å²) in [7, 11) is 0. The van der Waals surface area contributed by atoms with Crippen molar-refractivity contribution in [2.45, 2.75) is 26.8 Å². The SMILES string of the molecule is CC(C)(C)[C@H]([NH3+])C[NH3+]. The van der Waals surface area contributed by atoms with Gasteiger partial charge in [0.2, 0.25) is 0 Å². The van der Waals surface area contributed by atoms with Crippen molar-refractivity contribution >= 4 is 0 Å². The zero-order chi connectivity index (χ0) is 6.78. The third kappa shape index (κ3) is 2.28. The second-order valence-corrected chi connectivity index (χ2v) is 3.35. The maximum Gasteiger partial charge on any atom is 0.139 e. The largest absolute Gasteiger partial charge is 0.353 e. The molecule has 0 saturated carbocycles. The van der Waals surface area contributed by atoms with Crippen LogP contribution in [0.25, 0.3) is 0 Å². The van der Waals surface area contributed by atoms with E-state index in [0.717, 1.165) is 6.54 Å². The first-order valence-corrected chi connectivity index (χ1v) is 3.11. The second kappa shape index (κ2) is 2.46. The van der Waals surface area contributed by atoms with Gasteiger partial charge in [0.1, 0.15) is 12.6 Å². The Bertz CT molecular complexity index is 63.4. The number of hydrogen-bond donors (Lipinski definition) is 2. The van der Waals surface area contributed by atoms with E-state index in [-0.39, 0.29) is 0 Å². The lowest BCUT2D eigenvalue weighted by Crippen LogP contribution is -2.76. The Morgan fingerprint density at radius 3 is 1.75 bits per heavy atom. The molecular weight excluding hydrogens is 100 g/mol. The van der Waals surface area contributed by atoms with E-state index in [4.69, 9.17) is 0 Å². The van der Waals surface area contributed by atoms with Crippen molar-refractivity contribution < 1.29 is 11.5 Å². The number of hydrogen-bond acceptors (Lipinski definition) is 0. The van der Waals surface area contributed by atoms with Gasteiger partial charge in [0.25, 0.3) is 0 Å². The molecule has 8 heavy (non-hydrogen) atoms. The third-order valence-electron chi connectivity index (χ3n) is 1.57. The molecule has 0 heterocycles. The van der Waals surface area contributed by atoms with Crippen LogP contribution in [0, 0.1) is 5.41 Å². The second-order valence-electron chi connectivity index (χ2n) is 3.35. The molecule has 0 aromatic rings. The fourth-order valence-corrected chi connectivity index (χ4v) is 0.433. The molecule has 2 heteroatoms. The topological polar surface area (TPSA) is 55.3 Å². The molecule has 0 amide bonds. The van der Waals surface area contributed by atoms with Crippen LogP contribution in [0.2, 0.25) is 0 Å². The van der Waals surface area contributed by atoms with E-state index in [1.54, 1.807) is 0 Å². The van der Waals surface area contributed by atoms with E-state index in [9.17, 15) is 0 Å². The molecule has 0 saturated heterocycles. The molecule has 6 N–H and O–H groups in total. The van der Waals surface area contributed by atoms with Crippen LogP contribution < -0.4 is 11.5 Å². The van der Waals surface area contributed by atoms with Crippen LogP contribution in [0.3, 0.4) is 0 Å². The van der Waals surface area contributed by atoms with Gasteiger partial charge in [-0.25, -0.2) is 0 Å². The molecule has 0 fully saturated rings. The molecule has 0 spiro atoms. The van der Waals surface area contributed by atoms with E-state index in [1.165, 1.54) is 0 Å². The molecule has 0 unspecified atom stereocenters. The van der Waals surface area contributed by atoms with Crippen molar-refractivity contribution in [2.24, 2.45) is 5.41 Å². The average molecular weight is 118 g/mol. The summed E-state index contributed by atoms with van der Waals surface area (Å²) in [6.07, 6.45) is 0. The Morgan fingerprint density at radius 2 is 1.75 bits per heavy atom. The van der Waals surface area contributed by atoms with E-state index in [1.807, 2.05) is 0 Å². The summed E-state index contributed by atoms with van der Waals surface area (Å²) in [6.45, 7) is 7.50. The standard InChI is InChI=1S/C6H16N2/c1-6(2,3)5(8)4-7/h5H,4,7-8H2,1-3H3/p+2/t5-/m1/s1. The molecule has 0 aromatic carbocycles. The van der Waals surface area contributed by atoms with Gasteiger partial charge in [-0.15, -0.1) is 0 Å². The van der Waals surface area contributed by atoms with Crippen molar-refractivity contribution in [2.75, 3.05) is 6.54 Å². The minimum atomic E-state index is 0.335. The highest BCUT2D eigenvalue weighted by Gasteiger charge is 2.23. The first-order valence-electron chi connectivity index (χ1n) is 3.11. The van der Waals surface area contributed by atoms with E-state index in [0.29, 0.717) is 11.5 Å². The van der Waals surface area contributed by atoms with E-state index >= 15 is 0 Å². The van der Waals surface area contributed by atoms with Gasteiger partial charge in [0, 0.05) is 5.41 Å². The van der Waals surface area contributed by atoms with E-state index < -0.39 is 0 Å². The summed E-state index contributed by atoms with van der Waals surface area (Å²) < 4.78 is 0. The summed E-state index contributed by atoms with van der Waals surface area (Å²) >= 11 is 0. The third-order valence-corrected chi connectivity index (χ3v) is 1.57. The monoisotopic (exact) mass is 118 g/mol. The van der Waals surface area contributed by atoms with Crippen molar-refractivity contribution in [3.8, 4) is 0 Å². The van der Waals surface area contributed by atoms with Crippen LogP contribution in [0.5, 0.6) is 0 Å². The molecular formula is C6H18N2+2. The summed E-state index contributed by atoms with van der Waals surface area (Å²) in [5.74, 6) is 0. The number of quaternary nitrogens is 2. The molecule has 50 valence electrons. The van der Waals surface area contributed by atoms with Crippen molar-refractivity contribution in [3.05, 3.63) is 0 Å². The Kier molecular flexibility index (Phi) is 2.44. The maximum absolute atomic E-state index is 3.97. The summed E-state index contributed by atoms with van der Waals surface area (Å²) in [4.78, 5) is 0. The molecule has 1 atom stereocenters. The molecule has 0 aliphatic rings. The van der Waals surface area contributed by atoms with Crippen molar-refractivity contribution in [1.29, 1.82) is 0 Å². The Hall–Kier alpha value is -0.0800. The van der Waals surface area contributed by atoms with Crippen LogP contribution in [0.15, 0.2) is 0 Å². The lowest BCUT2D eigenvalue weighted by molar-refractivity contribution is -0.510. The lowest BCUT2D eigenvalue weighted by Gasteiger charge is -2.19. The minimum Gasteiger partial charge on any atom is -0.353 e. The van der Waals surface area contributed by atoms with Crippen molar-refractivity contribution in [1.82, 2.24) is 0 Å². The smallest absolute Gasteiger partial charge is 0.139 e. The molecule has 2 nitrogen and oxygen atoms in total. The Balaban J connectivity index is 3.62. The van der Waals surface area contributed by atoms with Crippen LogP contribution in [-0.4, -0.2) is 12.6 Å². The van der Waals surface area contributed by atoms with Gasteiger partial charge in [-0.1, -0.05) is 20.8 Å². The fraction of sp³-hybridized carbons (Fsp3) is 1.00. The van der Waals surface area contributed by atoms with Crippen LogP contribution in [-0.2, 0) is 0 Å². The van der Waals surface area contributed by atoms with Gasteiger partial charge in [0.15, 0.2) is 0 Å². The number of rotatable bonds is 1. The predicted molar refractivity (Wildman–Crippen MR) is 33.9 cm³/mol. The predicted octanol–water partition coefficient (Wildman–Crippen LogP) is -1.12. The normalized spacial score (nSPS) is 16.1. The van der Waals surface area contributed by atoms with Gasteiger partial charge in [-0.05, 0) is 0 Å². The molecule has 0 radical (unpaired) electrons. The maximum atomic E-state index is 3.97. The van der Waals surface area contributed by atoms with Gasteiger partial charge in [0.05, 0.1) is 0 Å². The van der Waals surface area contributed by atoms with Gasteiger partial charge in [-0.3, -0.25) is 0 Å². The fourth-order valence-electron chi connectivity index (χ4n) is 0.433. The first kappa shape index (κ1) is 7.92. The van der Waals surface area contributed by atoms with Crippen LogP contribution in [0.1, 0.15) is 20.8 Å². The Labute approximate surface area is 51.2 Å². The molecule has 0 rings (SSSR count). The highest BCUT2D eigenvalue weighted by atomic mass is 14.7. The molecule has 0 aliphatic heterocycles. The van der Waals surface area contributed by atoms with Crippen molar-refractivity contribution in [3.63, 3.8) is 0 Å². The van der Waals surface area contributed by atoms with Gasteiger partial charge < -0.3 is 11.5 Å². The zero-order valence-corrected chi connectivity index (χ0v) is 6.20. The molecule has 0 bridgehead atoms. The zero-order valence-electron chi connectivity index (χ0n) is 6.20. The lowest BCUT2D eigenvalue weighted by atomic mass is 9.88. The van der Waals surface area contributed by atoms with Gasteiger partial charge >= 0.3 is 0 Å². The highest BCUT2D eigenvalue weighted by molar-refractivity contribution is 4.68. The summed E-state index contributed by atoms with van der Waals surface area (Å²) in [5.41, 5.74) is 8.09. The van der Waals surface area contributed by atoms with Crippen LogP contribution >= 0.6 is 0 Å². The first-order chi connectivity index (χ1) is 3.48. The minimum absolute atomic E-state index is 0.335. The van der Waals surface area contributed by atoms with Crippen LogP contribution in [0.4, 0.5) is 0 Å². The summed E-state index contributed by atoms with van der Waals surface area (Å²) in [5, 5.41) is 0. The summed E-state index contributed by atoms with van der Waals surface area (Å²) in [6, 6.07) is 0.488. The van der Waals surface area contributed by atoms with Gasteiger partial charge in [-0.2, -0.15) is 0 Å².